The fourth-order valence-corrected chi connectivity index (χ4v) is 2.17. The molecule has 16 heavy (non-hydrogen) atoms. The molecule has 1 aromatic rings. The molecule has 0 heterocycles. The summed E-state index contributed by atoms with van der Waals surface area (Å²) in [5.41, 5.74) is 0.886. The second-order valence-corrected chi connectivity index (χ2v) is 4.28. The number of rotatable bonds is 5. The fourth-order valence-electron chi connectivity index (χ4n) is 2.17. The lowest BCUT2D eigenvalue weighted by Gasteiger charge is -2.17. The van der Waals surface area contributed by atoms with Crippen molar-refractivity contribution >= 4 is 5.97 Å². The van der Waals surface area contributed by atoms with Gasteiger partial charge in [0.1, 0.15) is 5.75 Å². The number of hydrogen-bond acceptors (Lipinski definition) is 2. The molecule has 2 rings (SSSR count). The highest BCUT2D eigenvalue weighted by Crippen LogP contribution is 2.53. The van der Waals surface area contributed by atoms with Crippen molar-refractivity contribution < 1.29 is 14.6 Å². The van der Waals surface area contributed by atoms with Crippen molar-refractivity contribution in [3.8, 4) is 5.75 Å². The predicted octanol–water partition coefficient (Wildman–Crippen LogP) is 2.59. The van der Waals surface area contributed by atoms with Gasteiger partial charge in [-0.25, -0.2) is 0 Å². The van der Waals surface area contributed by atoms with E-state index in [0.717, 1.165) is 24.2 Å². The van der Waals surface area contributed by atoms with E-state index in [1.807, 2.05) is 31.2 Å². The Morgan fingerprint density at radius 3 is 2.69 bits per heavy atom. The zero-order valence-corrected chi connectivity index (χ0v) is 9.40. The summed E-state index contributed by atoms with van der Waals surface area (Å²) in [4.78, 5) is 10.9. The van der Waals surface area contributed by atoms with Crippen molar-refractivity contribution in [2.75, 3.05) is 6.61 Å². The van der Waals surface area contributed by atoms with Gasteiger partial charge in [0.15, 0.2) is 0 Å². The van der Waals surface area contributed by atoms with Crippen LogP contribution in [0.4, 0.5) is 0 Å². The highest BCUT2D eigenvalue weighted by Gasteiger charge is 2.47. The zero-order valence-electron chi connectivity index (χ0n) is 9.40. The number of aliphatic carboxylic acids is 1. The van der Waals surface area contributed by atoms with Crippen LogP contribution in [-0.2, 0) is 10.2 Å². The smallest absolute Gasteiger partial charge is 0.304 e. The van der Waals surface area contributed by atoms with E-state index in [9.17, 15) is 4.79 Å². The second-order valence-electron chi connectivity index (χ2n) is 4.28. The van der Waals surface area contributed by atoms with Gasteiger partial charge in [-0.2, -0.15) is 0 Å². The van der Waals surface area contributed by atoms with Gasteiger partial charge in [0.05, 0.1) is 13.0 Å². The highest BCUT2D eigenvalue weighted by atomic mass is 16.5. The van der Waals surface area contributed by atoms with Crippen molar-refractivity contribution in [1.82, 2.24) is 0 Å². The van der Waals surface area contributed by atoms with Gasteiger partial charge in [0, 0.05) is 11.0 Å². The van der Waals surface area contributed by atoms with Crippen LogP contribution in [-0.4, -0.2) is 17.7 Å². The molecule has 0 saturated heterocycles. The maximum absolute atomic E-state index is 10.9. The molecule has 0 spiro atoms. The Kier molecular flexibility index (Phi) is 2.86. The number of carboxylic acid groups (broad SMARTS) is 1. The number of benzene rings is 1. The van der Waals surface area contributed by atoms with Crippen molar-refractivity contribution in [1.29, 1.82) is 0 Å². The maximum atomic E-state index is 10.9. The molecule has 1 aliphatic rings. The summed E-state index contributed by atoms with van der Waals surface area (Å²) in [6.45, 7) is 2.55. The molecule has 1 N–H and O–H groups in total. The molecule has 0 aliphatic heterocycles. The lowest BCUT2D eigenvalue weighted by atomic mass is 9.91. The summed E-state index contributed by atoms with van der Waals surface area (Å²) in [5.74, 6) is 0.104. The topological polar surface area (TPSA) is 46.5 Å². The van der Waals surface area contributed by atoms with Crippen molar-refractivity contribution in [3.05, 3.63) is 29.8 Å². The van der Waals surface area contributed by atoms with Gasteiger partial charge in [-0.3, -0.25) is 4.79 Å². The quantitative estimate of drug-likeness (QED) is 0.829. The third-order valence-corrected chi connectivity index (χ3v) is 3.10. The second kappa shape index (κ2) is 4.16. The Labute approximate surface area is 95.0 Å². The molecule has 0 bridgehead atoms. The van der Waals surface area contributed by atoms with Gasteiger partial charge < -0.3 is 9.84 Å². The Bertz CT molecular complexity index is 394. The molecule has 0 amide bonds. The Morgan fingerprint density at radius 2 is 2.12 bits per heavy atom. The van der Waals surface area contributed by atoms with Gasteiger partial charge in [-0.1, -0.05) is 18.2 Å². The minimum atomic E-state index is -0.733. The monoisotopic (exact) mass is 220 g/mol. The first-order chi connectivity index (χ1) is 7.68. The van der Waals surface area contributed by atoms with E-state index in [1.165, 1.54) is 0 Å². The zero-order chi connectivity index (χ0) is 11.6. The maximum Gasteiger partial charge on any atom is 0.304 e. The van der Waals surface area contributed by atoms with Crippen LogP contribution >= 0.6 is 0 Å². The van der Waals surface area contributed by atoms with E-state index in [1.54, 1.807) is 0 Å². The summed E-state index contributed by atoms with van der Waals surface area (Å²) >= 11 is 0. The first-order valence-electron chi connectivity index (χ1n) is 5.62. The first-order valence-corrected chi connectivity index (χ1v) is 5.62. The number of carbonyl (C=O) groups is 1. The molecule has 1 saturated carbocycles. The van der Waals surface area contributed by atoms with E-state index < -0.39 is 5.97 Å². The lowest BCUT2D eigenvalue weighted by Crippen LogP contribution is -2.14. The summed E-state index contributed by atoms with van der Waals surface area (Å²) in [5, 5.41) is 8.93. The molecular formula is C13H16O3. The molecule has 3 heteroatoms. The van der Waals surface area contributed by atoms with Gasteiger partial charge in [-0.15, -0.1) is 0 Å². The van der Waals surface area contributed by atoms with Crippen LogP contribution in [0.5, 0.6) is 5.75 Å². The van der Waals surface area contributed by atoms with Crippen LogP contribution < -0.4 is 4.74 Å². The number of para-hydroxylation sites is 1. The van der Waals surface area contributed by atoms with Crippen molar-refractivity contribution in [2.45, 2.75) is 31.6 Å². The van der Waals surface area contributed by atoms with Crippen molar-refractivity contribution in [3.63, 3.8) is 0 Å². The molecule has 0 atom stereocenters. The fraction of sp³-hybridized carbons (Fsp3) is 0.462. The average Bonchev–Trinajstić information content (AvgIpc) is 2.99. The third kappa shape index (κ3) is 2.03. The molecule has 1 aromatic carbocycles. The van der Waals surface area contributed by atoms with Crippen LogP contribution in [0.3, 0.4) is 0 Å². The standard InChI is InChI=1S/C13H16O3/c1-2-16-11-6-4-3-5-10(11)13(7-8-13)9-12(14)15/h3-6H,2,7-9H2,1H3,(H,14,15). The van der Waals surface area contributed by atoms with E-state index >= 15 is 0 Å². The lowest BCUT2D eigenvalue weighted by molar-refractivity contribution is -0.137. The molecular weight excluding hydrogens is 204 g/mol. The number of hydrogen-bond donors (Lipinski definition) is 1. The molecule has 0 aromatic heterocycles. The molecule has 1 fully saturated rings. The largest absolute Gasteiger partial charge is 0.494 e. The average molecular weight is 220 g/mol. The summed E-state index contributed by atoms with van der Waals surface area (Å²) in [7, 11) is 0. The van der Waals surface area contributed by atoms with E-state index in [4.69, 9.17) is 9.84 Å². The molecule has 0 unspecified atom stereocenters. The Balaban J connectivity index is 2.29. The van der Waals surface area contributed by atoms with Gasteiger partial charge in [0.25, 0.3) is 0 Å². The van der Waals surface area contributed by atoms with Crippen LogP contribution in [0, 0.1) is 0 Å². The van der Waals surface area contributed by atoms with Crippen LogP contribution in [0.1, 0.15) is 31.7 Å². The minimum absolute atomic E-state index is 0.169. The van der Waals surface area contributed by atoms with Crippen LogP contribution in [0.15, 0.2) is 24.3 Å². The molecule has 86 valence electrons. The van der Waals surface area contributed by atoms with Gasteiger partial charge in [-0.05, 0) is 25.8 Å². The van der Waals surface area contributed by atoms with Gasteiger partial charge in [0.2, 0.25) is 0 Å². The van der Waals surface area contributed by atoms with E-state index in [-0.39, 0.29) is 11.8 Å². The SMILES string of the molecule is CCOc1ccccc1C1(CC(=O)O)CC1. The Morgan fingerprint density at radius 1 is 1.44 bits per heavy atom. The first kappa shape index (κ1) is 11.0. The summed E-state index contributed by atoms with van der Waals surface area (Å²) < 4.78 is 5.55. The van der Waals surface area contributed by atoms with Crippen LogP contribution in [0.2, 0.25) is 0 Å². The van der Waals surface area contributed by atoms with Crippen molar-refractivity contribution in [2.24, 2.45) is 0 Å². The third-order valence-electron chi connectivity index (χ3n) is 3.10. The van der Waals surface area contributed by atoms with Gasteiger partial charge >= 0.3 is 5.97 Å². The summed E-state index contributed by atoms with van der Waals surface area (Å²) in [6, 6.07) is 7.77. The van der Waals surface area contributed by atoms with E-state index in [2.05, 4.69) is 0 Å². The molecule has 0 radical (unpaired) electrons. The highest BCUT2D eigenvalue weighted by molar-refractivity contribution is 5.70. The van der Waals surface area contributed by atoms with E-state index in [0.29, 0.717) is 6.61 Å². The Hall–Kier alpha value is -1.51. The number of ether oxygens (including phenoxy) is 1. The molecule has 1 aliphatic carbocycles. The predicted molar refractivity (Wildman–Crippen MR) is 60.8 cm³/mol. The molecule has 3 nitrogen and oxygen atoms in total. The number of carboxylic acids is 1. The normalized spacial score (nSPS) is 16.8. The minimum Gasteiger partial charge on any atom is -0.494 e. The summed E-state index contributed by atoms with van der Waals surface area (Å²) in [6.07, 6.45) is 2.10. The van der Waals surface area contributed by atoms with Crippen LogP contribution in [0.25, 0.3) is 0 Å².